The lowest BCUT2D eigenvalue weighted by atomic mass is 10.0. The van der Waals surface area contributed by atoms with Crippen molar-refractivity contribution in [2.75, 3.05) is 13.1 Å². The molecular weight excluding hydrogens is 356 g/mol. The van der Waals surface area contributed by atoms with Gasteiger partial charge in [-0.15, -0.1) is 0 Å². The van der Waals surface area contributed by atoms with Crippen LogP contribution >= 0.6 is 0 Å². The number of rotatable bonds is 7. The van der Waals surface area contributed by atoms with E-state index in [4.69, 9.17) is 4.74 Å². The molecule has 28 heavy (non-hydrogen) atoms. The number of nitrogens with zero attached hydrogens (tertiary/aromatic N) is 1. The van der Waals surface area contributed by atoms with Gasteiger partial charge in [0.15, 0.2) is 5.78 Å². The van der Waals surface area contributed by atoms with Gasteiger partial charge in [0, 0.05) is 25.1 Å². The highest BCUT2D eigenvalue weighted by Gasteiger charge is 2.30. The molecule has 6 heteroatoms. The molecule has 0 aliphatic carbocycles. The molecule has 6 nitrogen and oxygen atoms in total. The molecule has 1 fully saturated rings. The van der Waals surface area contributed by atoms with E-state index < -0.39 is 12.1 Å². The minimum Gasteiger partial charge on any atom is -0.445 e. The molecule has 0 saturated carbocycles. The van der Waals surface area contributed by atoms with Gasteiger partial charge in [0.25, 0.3) is 0 Å². The topological polar surface area (TPSA) is 75.7 Å². The first-order valence-electron chi connectivity index (χ1n) is 9.48. The highest BCUT2D eigenvalue weighted by molar-refractivity contribution is 6.00. The molecule has 0 spiro atoms. The molecule has 2 aromatic carbocycles. The fraction of sp³-hybridized carbons (Fsp3) is 0.318. The third-order valence-corrected chi connectivity index (χ3v) is 4.71. The summed E-state index contributed by atoms with van der Waals surface area (Å²) in [6, 6.07) is 17.1. The van der Waals surface area contributed by atoms with Crippen molar-refractivity contribution in [2.45, 2.75) is 31.9 Å². The fourth-order valence-corrected chi connectivity index (χ4v) is 3.19. The van der Waals surface area contributed by atoms with Crippen LogP contribution in [-0.4, -0.2) is 41.8 Å². The van der Waals surface area contributed by atoms with E-state index in [1.54, 1.807) is 29.2 Å². The number of likely N-dealkylation sites (tertiary alicyclic amines) is 1. The Morgan fingerprint density at radius 3 is 2.18 bits per heavy atom. The number of carbonyl (C=O) groups is 3. The lowest BCUT2D eigenvalue weighted by Gasteiger charge is -2.23. The third-order valence-electron chi connectivity index (χ3n) is 4.71. The van der Waals surface area contributed by atoms with Crippen LogP contribution in [0.25, 0.3) is 0 Å². The Balaban J connectivity index is 1.64. The predicted molar refractivity (Wildman–Crippen MR) is 105 cm³/mol. The van der Waals surface area contributed by atoms with Crippen molar-refractivity contribution in [3.8, 4) is 0 Å². The van der Waals surface area contributed by atoms with E-state index in [0.29, 0.717) is 18.7 Å². The van der Waals surface area contributed by atoms with Crippen molar-refractivity contribution in [1.29, 1.82) is 0 Å². The standard InChI is InChI=1S/C22H24N2O4/c25-20(18-11-5-2-6-12-18)15-19(21(26)24-13-7-8-14-24)23-22(27)28-16-17-9-3-1-4-10-17/h1-6,9-12,19H,7-8,13-16H2,(H,23,27)/t19-/m0/s1. The molecule has 1 N–H and O–H groups in total. The van der Waals surface area contributed by atoms with Gasteiger partial charge in [-0.25, -0.2) is 4.79 Å². The molecular formula is C22H24N2O4. The van der Waals surface area contributed by atoms with E-state index in [-0.39, 0.29) is 24.7 Å². The van der Waals surface area contributed by atoms with Gasteiger partial charge in [-0.3, -0.25) is 9.59 Å². The number of hydrogen-bond donors (Lipinski definition) is 1. The number of ketones is 1. The van der Waals surface area contributed by atoms with Crippen LogP contribution < -0.4 is 5.32 Å². The number of benzene rings is 2. The van der Waals surface area contributed by atoms with E-state index in [9.17, 15) is 14.4 Å². The number of hydrogen-bond acceptors (Lipinski definition) is 4. The van der Waals surface area contributed by atoms with E-state index in [1.807, 2.05) is 36.4 Å². The van der Waals surface area contributed by atoms with Gasteiger partial charge in [0.2, 0.25) is 5.91 Å². The van der Waals surface area contributed by atoms with Crippen LogP contribution in [0.3, 0.4) is 0 Å². The largest absolute Gasteiger partial charge is 0.445 e. The summed E-state index contributed by atoms with van der Waals surface area (Å²) in [5, 5.41) is 2.59. The molecule has 0 unspecified atom stereocenters. The Labute approximate surface area is 164 Å². The summed E-state index contributed by atoms with van der Waals surface area (Å²) in [5.41, 5.74) is 1.36. The van der Waals surface area contributed by atoms with Crippen molar-refractivity contribution in [1.82, 2.24) is 10.2 Å². The van der Waals surface area contributed by atoms with Gasteiger partial charge in [-0.1, -0.05) is 60.7 Å². The van der Waals surface area contributed by atoms with E-state index in [1.165, 1.54) is 0 Å². The molecule has 2 amide bonds. The predicted octanol–water partition coefficient (Wildman–Crippen LogP) is 3.18. The average molecular weight is 380 g/mol. The summed E-state index contributed by atoms with van der Waals surface area (Å²) in [6.45, 7) is 1.40. The lowest BCUT2D eigenvalue weighted by molar-refractivity contribution is -0.132. The molecule has 1 heterocycles. The summed E-state index contributed by atoms with van der Waals surface area (Å²) in [4.78, 5) is 39.3. The highest BCUT2D eigenvalue weighted by Crippen LogP contribution is 2.13. The monoisotopic (exact) mass is 380 g/mol. The number of ether oxygens (including phenoxy) is 1. The first-order valence-corrected chi connectivity index (χ1v) is 9.48. The molecule has 0 aromatic heterocycles. The zero-order chi connectivity index (χ0) is 19.8. The Morgan fingerprint density at radius 2 is 1.54 bits per heavy atom. The van der Waals surface area contributed by atoms with Crippen molar-refractivity contribution < 1.29 is 19.1 Å². The maximum Gasteiger partial charge on any atom is 0.408 e. The second-order valence-electron chi connectivity index (χ2n) is 6.78. The second-order valence-corrected chi connectivity index (χ2v) is 6.78. The maximum atomic E-state index is 12.8. The quantitative estimate of drug-likeness (QED) is 0.749. The van der Waals surface area contributed by atoms with Crippen molar-refractivity contribution in [3.63, 3.8) is 0 Å². The zero-order valence-electron chi connectivity index (χ0n) is 15.7. The average Bonchev–Trinajstić information content (AvgIpc) is 3.27. The summed E-state index contributed by atoms with van der Waals surface area (Å²) in [5.74, 6) is -0.431. The number of nitrogens with one attached hydrogen (secondary N) is 1. The second kappa shape index (κ2) is 9.69. The Hall–Kier alpha value is -3.15. The normalized spacial score (nSPS) is 14.4. The van der Waals surface area contributed by atoms with Crippen LogP contribution in [0.1, 0.15) is 35.2 Å². The Morgan fingerprint density at radius 1 is 0.929 bits per heavy atom. The van der Waals surface area contributed by atoms with E-state index >= 15 is 0 Å². The molecule has 146 valence electrons. The van der Waals surface area contributed by atoms with Gasteiger partial charge in [0.1, 0.15) is 12.6 Å². The zero-order valence-corrected chi connectivity index (χ0v) is 15.7. The fourth-order valence-electron chi connectivity index (χ4n) is 3.19. The minimum atomic E-state index is -0.936. The number of alkyl carbamates (subject to hydrolysis) is 1. The molecule has 0 radical (unpaired) electrons. The smallest absolute Gasteiger partial charge is 0.408 e. The lowest BCUT2D eigenvalue weighted by Crippen LogP contribution is -2.48. The number of Topliss-reactive ketones (excluding diaryl/α,β-unsaturated/α-hetero) is 1. The number of amides is 2. The SMILES string of the molecule is O=C(N[C@@H](CC(=O)c1ccccc1)C(=O)N1CCCC1)OCc1ccccc1. The van der Waals surface area contributed by atoms with Crippen LogP contribution in [0.2, 0.25) is 0 Å². The van der Waals surface area contributed by atoms with Gasteiger partial charge in [0.05, 0.1) is 0 Å². The summed E-state index contributed by atoms with van der Waals surface area (Å²) in [6.07, 6.45) is 1.06. The molecule has 1 aliphatic heterocycles. The Bertz CT molecular complexity index is 802. The van der Waals surface area contributed by atoms with Crippen LogP contribution in [-0.2, 0) is 16.1 Å². The molecule has 1 saturated heterocycles. The van der Waals surface area contributed by atoms with E-state index in [0.717, 1.165) is 18.4 Å². The number of carbonyl (C=O) groups excluding carboxylic acids is 3. The molecule has 1 atom stereocenters. The molecule has 3 rings (SSSR count). The Kier molecular flexibility index (Phi) is 6.78. The maximum absolute atomic E-state index is 12.8. The van der Waals surface area contributed by atoms with Crippen LogP contribution in [0.5, 0.6) is 0 Å². The minimum absolute atomic E-state index is 0.0974. The molecule has 0 bridgehead atoms. The van der Waals surface area contributed by atoms with Crippen molar-refractivity contribution in [3.05, 3.63) is 71.8 Å². The van der Waals surface area contributed by atoms with Gasteiger partial charge in [-0.2, -0.15) is 0 Å². The van der Waals surface area contributed by atoms with Gasteiger partial charge >= 0.3 is 6.09 Å². The summed E-state index contributed by atoms with van der Waals surface area (Å²) in [7, 11) is 0. The van der Waals surface area contributed by atoms with Gasteiger partial charge < -0.3 is 15.0 Å². The third kappa shape index (κ3) is 5.42. The van der Waals surface area contributed by atoms with Crippen LogP contribution in [0, 0.1) is 0 Å². The summed E-state index contributed by atoms with van der Waals surface area (Å²) >= 11 is 0. The molecule has 1 aliphatic rings. The molecule has 2 aromatic rings. The first-order chi connectivity index (χ1) is 13.6. The van der Waals surface area contributed by atoms with E-state index in [2.05, 4.69) is 5.32 Å². The van der Waals surface area contributed by atoms with Crippen molar-refractivity contribution >= 4 is 17.8 Å². The van der Waals surface area contributed by atoms with Gasteiger partial charge in [-0.05, 0) is 18.4 Å². The van der Waals surface area contributed by atoms with Crippen molar-refractivity contribution in [2.24, 2.45) is 0 Å². The van der Waals surface area contributed by atoms with Crippen LogP contribution in [0.15, 0.2) is 60.7 Å². The first kappa shape index (κ1) is 19.6. The summed E-state index contributed by atoms with van der Waals surface area (Å²) < 4.78 is 5.23. The van der Waals surface area contributed by atoms with Crippen LogP contribution in [0.4, 0.5) is 4.79 Å². The highest BCUT2D eigenvalue weighted by atomic mass is 16.5.